The van der Waals surface area contributed by atoms with Gasteiger partial charge in [-0.2, -0.15) is 0 Å². The third-order valence-electron chi connectivity index (χ3n) is 9.86. The molecule has 12 nitrogen and oxygen atoms in total. The highest BCUT2D eigenvalue weighted by Crippen LogP contribution is 2.52. The molecule has 5 aliphatic rings. The van der Waals surface area contributed by atoms with Gasteiger partial charge in [0.15, 0.2) is 36.2 Å². The third kappa shape index (κ3) is 4.20. The normalized spacial score (nSPS) is 34.5. The number of morpholine rings is 1. The maximum absolute atomic E-state index is 13.8. The quantitative estimate of drug-likeness (QED) is 0.370. The molecule has 3 aliphatic heterocycles. The number of methoxy groups -OCH3 is 1. The molecule has 2 aromatic carbocycles. The Hall–Kier alpha value is -3.23. The second kappa shape index (κ2) is 10.4. The molecular weight excluding hydrogens is 574 g/mol. The molecule has 0 radical (unpaired) electrons. The zero-order valence-corrected chi connectivity index (χ0v) is 24.9. The van der Waals surface area contributed by atoms with Gasteiger partial charge < -0.3 is 39.0 Å². The number of rotatable bonds is 4. The van der Waals surface area contributed by atoms with Crippen molar-refractivity contribution in [2.75, 3.05) is 20.3 Å². The SMILES string of the molecule is CO[C@H]1OCCN2[C@@H]1O[C@@H]1[C@H](C)O[C@@H](O[C@H]3C[C@](O)(C(C)=O)Cc4c(O)c5c(c(O)c43)C(=O)c3c(C)cccc3C5=O)C[C@@H]12. The highest BCUT2D eigenvalue weighted by Gasteiger charge is 2.55. The van der Waals surface area contributed by atoms with E-state index < -0.39 is 65.5 Å². The summed E-state index contributed by atoms with van der Waals surface area (Å²) in [7, 11) is 1.56. The van der Waals surface area contributed by atoms with Crippen molar-refractivity contribution in [3.05, 3.63) is 57.1 Å². The molecule has 7 rings (SSSR count). The molecule has 0 spiro atoms. The van der Waals surface area contributed by atoms with Crippen molar-refractivity contribution in [1.82, 2.24) is 4.90 Å². The zero-order valence-electron chi connectivity index (χ0n) is 24.9. The zero-order chi connectivity index (χ0) is 31.2. The molecule has 2 aliphatic carbocycles. The molecular formula is C32H35NO11. The van der Waals surface area contributed by atoms with Gasteiger partial charge in [-0.25, -0.2) is 0 Å². The van der Waals surface area contributed by atoms with Crippen molar-refractivity contribution < 1.29 is 53.4 Å². The standard InChI is InChI=1S/C32H35NO11/c1-13-6-5-7-16-21(13)27(37)24-23(25(16)35)26(36)17-11-32(39,15(3)34)12-19(22(17)28(24)38)43-20-10-18-29(14(2)42-20)44-30-31(40-4)41-9-8-33(18)30/h5-7,14,18-20,29-31,36,38-39H,8-12H2,1-4H3/t14-,18-,19-,20-,29+,30+,31-,32-/m0/s1. The molecule has 0 amide bonds. The lowest BCUT2D eigenvalue weighted by atomic mass is 9.71. The molecule has 44 heavy (non-hydrogen) atoms. The summed E-state index contributed by atoms with van der Waals surface area (Å²) in [5.41, 5.74) is -1.79. The van der Waals surface area contributed by atoms with Crippen LogP contribution in [0.2, 0.25) is 0 Å². The Morgan fingerprint density at radius 3 is 2.57 bits per heavy atom. The Balaban J connectivity index is 1.29. The maximum Gasteiger partial charge on any atom is 0.198 e. The van der Waals surface area contributed by atoms with Gasteiger partial charge in [0, 0.05) is 61.2 Å². The van der Waals surface area contributed by atoms with Gasteiger partial charge in [0.1, 0.15) is 23.2 Å². The Morgan fingerprint density at radius 2 is 1.84 bits per heavy atom. The number of nitrogens with zero attached hydrogens (tertiary/aromatic N) is 1. The molecule has 0 saturated carbocycles. The van der Waals surface area contributed by atoms with Crippen LogP contribution >= 0.6 is 0 Å². The van der Waals surface area contributed by atoms with E-state index in [1.165, 1.54) is 13.0 Å². The van der Waals surface area contributed by atoms with Crippen LogP contribution in [0.15, 0.2) is 18.2 Å². The molecule has 2 aromatic rings. The molecule has 3 saturated heterocycles. The van der Waals surface area contributed by atoms with Crippen molar-refractivity contribution in [3.63, 3.8) is 0 Å². The lowest BCUT2D eigenvalue weighted by Crippen LogP contribution is -2.55. The largest absolute Gasteiger partial charge is 0.507 e. The van der Waals surface area contributed by atoms with Gasteiger partial charge in [-0.15, -0.1) is 0 Å². The van der Waals surface area contributed by atoms with Crippen molar-refractivity contribution in [3.8, 4) is 11.5 Å². The highest BCUT2D eigenvalue weighted by molar-refractivity contribution is 6.31. The first kappa shape index (κ1) is 29.5. The van der Waals surface area contributed by atoms with Crippen LogP contribution in [-0.4, -0.2) is 100 Å². The van der Waals surface area contributed by atoms with Crippen LogP contribution in [0.25, 0.3) is 0 Å². The molecule has 0 unspecified atom stereocenters. The second-order valence-corrected chi connectivity index (χ2v) is 12.4. The van der Waals surface area contributed by atoms with Crippen LogP contribution in [0, 0.1) is 6.92 Å². The van der Waals surface area contributed by atoms with E-state index in [4.69, 9.17) is 23.7 Å². The Morgan fingerprint density at radius 1 is 1.09 bits per heavy atom. The number of aryl methyl sites for hydroxylation is 1. The average Bonchev–Trinajstić information content (AvgIpc) is 3.37. The lowest BCUT2D eigenvalue weighted by Gasteiger charge is -2.43. The van der Waals surface area contributed by atoms with Crippen molar-refractivity contribution in [2.24, 2.45) is 0 Å². The summed E-state index contributed by atoms with van der Waals surface area (Å²) in [4.78, 5) is 42.3. The minimum absolute atomic E-state index is 0.0189. The van der Waals surface area contributed by atoms with E-state index in [9.17, 15) is 29.7 Å². The van der Waals surface area contributed by atoms with E-state index in [1.54, 1.807) is 26.2 Å². The summed E-state index contributed by atoms with van der Waals surface area (Å²) < 4.78 is 30.1. The molecule has 0 bridgehead atoms. The van der Waals surface area contributed by atoms with E-state index in [-0.39, 0.29) is 58.4 Å². The minimum atomic E-state index is -1.97. The number of carbonyl (C=O) groups excluding carboxylic acids is 3. The molecule has 3 fully saturated rings. The van der Waals surface area contributed by atoms with E-state index in [0.29, 0.717) is 25.1 Å². The van der Waals surface area contributed by atoms with E-state index >= 15 is 0 Å². The van der Waals surface area contributed by atoms with Gasteiger partial charge in [-0.1, -0.05) is 18.2 Å². The highest BCUT2D eigenvalue weighted by atomic mass is 16.7. The fourth-order valence-electron chi connectivity index (χ4n) is 7.63. The van der Waals surface area contributed by atoms with E-state index in [2.05, 4.69) is 4.90 Å². The number of benzene rings is 2. The summed E-state index contributed by atoms with van der Waals surface area (Å²) >= 11 is 0. The number of ketones is 3. The molecule has 0 aromatic heterocycles. The van der Waals surface area contributed by atoms with Gasteiger partial charge >= 0.3 is 0 Å². The first-order valence-corrected chi connectivity index (χ1v) is 14.8. The van der Waals surface area contributed by atoms with E-state index in [1.807, 2.05) is 6.92 Å². The number of aliphatic hydroxyl groups is 1. The molecule has 12 heteroatoms. The minimum Gasteiger partial charge on any atom is -0.507 e. The summed E-state index contributed by atoms with van der Waals surface area (Å²) in [6, 6.07) is 4.71. The Kier molecular flexibility index (Phi) is 6.98. The number of hydrogen-bond donors (Lipinski definition) is 3. The van der Waals surface area contributed by atoms with Crippen LogP contribution in [0.5, 0.6) is 11.5 Å². The number of fused-ring (bicyclic) bond motifs is 6. The number of hydrogen-bond acceptors (Lipinski definition) is 12. The number of ether oxygens (including phenoxy) is 5. The number of phenols is 2. The summed E-state index contributed by atoms with van der Waals surface area (Å²) in [6.07, 6.45) is -3.98. The number of phenolic OH excluding ortho intramolecular Hbond substituents is 2. The fraction of sp³-hybridized carbons (Fsp3) is 0.531. The topological polar surface area (TPSA) is 161 Å². The van der Waals surface area contributed by atoms with Gasteiger partial charge in [0.2, 0.25) is 0 Å². The predicted octanol–water partition coefficient (Wildman–Crippen LogP) is 2.04. The monoisotopic (exact) mass is 609 g/mol. The molecule has 8 atom stereocenters. The molecule has 234 valence electrons. The van der Waals surface area contributed by atoms with Gasteiger partial charge in [0.25, 0.3) is 0 Å². The first-order valence-electron chi connectivity index (χ1n) is 14.8. The van der Waals surface area contributed by atoms with Gasteiger partial charge in [-0.3, -0.25) is 19.3 Å². The predicted molar refractivity (Wildman–Crippen MR) is 150 cm³/mol. The second-order valence-electron chi connectivity index (χ2n) is 12.4. The summed E-state index contributed by atoms with van der Waals surface area (Å²) in [5.74, 6) is -2.88. The lowest BCUT2D eigenvalue weighted by molar-refractivity contribution is -0.256. The van der Waals surface area contributed by atoms with Crippen molar-refractivity contribution >= 4 is 17.3 Å². The average molecular weight is 610 g/mol. The van der Waals surface area contributed by atoms with Crippen LogP contribution in [-0.2, 0) is 34.9 Å². The third-order valence-corrected chi connectivity index (χ3v) is 9.86. The van der Waals surface area contributed by atoms with Crippen LogP contribution in [0.3, 0.4) is 0 Å². The van der Waals surface area contributed by atoms with Crippen molar-refractivity contribution in [2.45, 2.75) is 88.8 Å². The van der Waals surface area contributed by atoms with E-state index in [0.717, 1.165) is 0 Å². The summed E-state index contributed by atoms with van der Waals surface area (Å²) in [6.45, 7) is 5.85. The Bertz CT molecular complexity index is 1590. The Labute approximate surface area is 253 Å². The number of aromatic hydroxyl groups is 2. The van der Waals surface area contributed by atoms with Gasteiger partial charge in [0.05, 0.1) is 29.9 Å². The smallest absolute Gasteiger partial charge is 0.198 e. The number of Topliss-reactive ketones (excluding diaryl/α,β-unsaturated/α-hetero) is 1. The fourth-order valence-corrected chi connectivity index (χ4v) is 7.63. The first-order chi connectivity index (χ1) is 20.9. The molecule has 3 heterocycles. The van der Waals surface area contributed by atoms with Gasteiger partial charge in [-0.05, 0) is 26.3 Å². The summed E-state index contributed by atoms with van der Waals surface area (Å²) in [5, 5.41) is 34.7. The molecule has 3 N–H and O–H groups in total. The maximum atomic E-state index is 13.8. The van der Waals surface area contributed by atoms with Crippen LogP contribution in [0.1, 0.15) is 81.3 Å². The van der Waals surface area contributed by atoms with Crippen LogP contribution < -0.4 is 0 Å². The van der Waals surface area contributed by atoms with Crippen molar-refractivity contribution in [1.29, 1.82) is 0 Å². The van der Waals surface area contributed by atoms with Crippen LogP contribution in [0.4, 0.5) is 0 Å². The number of carbonyl (C=O) groups is 3.